The summed E-state index contributed by atoms with van der Waals surface area (Å²) in [6.45, 7) is 0. The van der Waals surface area contributed by atoms with Gasteiger partial charge in [0, 0.05) is 31.5 Å². The summed E-state index contributed by atoms with van der Waals surface area (Å²) in [6.07, 6.45) is 9.26. The molecule has 2 aliphatic rings. The van der Waals surface area contributed by atoms with Gasteiger partial charge in [-0.2, -0.15) is 0 Å². The molecule has 1 N–H and O–H groups in total. The summed E-state index contributed by atoms with van der Waals surface area (Å²) in [5.41, 5.74) is 1.11. The second-order valence-electron chi connectivity index (χ2n) is 7.75. The lowest BCUT2D eigenvalue weighted by Crippen LogP contribution is -2.42. The van der Waals surface area contributed by atoms with Crippen LogP contribution in [0.25, 0.3) is 0 Å². The first-order valence-electron chi connectivity index (χ1n) is 9.75. The standard InChI is InChI=1S/C21H30N2O3/c1-23(18-7-4-3-5-8-18)20(25)16-9-11-17(12-10-16)22-19(24)15-21(26-2)13-6-14-21/h9-12,18H,3-8,13-15H2,1-2H3,(H,22,24). The minimum Gasteiger partial charge on any atom is -0.378 e. The van der Waals surface area contributed by atoms with Crippen molar-refractivity contribution in [2.24, 2.45) is 0 Å². The Morgan fingerprint density at radius 2 is 1.77 bits per heavy atom. The van der Waals surface area contributed by atoms with Crippen molar-refractivity contribution >= 4 is 17.5 Å². The molecule has 2 aliphatic carbocycles. The normalized spacial score (nSPS) is 19.5. The van der Waals surface area contributed by atoms with Crippen molar-refractivity contribution in [1.82, 2.24) is 4.90 Å². The number of methoxy groups -OCH3 is 1. The van der Waals surface area contributed by atoms with Crippen LogP contribution in [-0.4, -0.2) is 42.5 Å². The second-order valence-corrected chi connectivity index (χ2v) is 7.75. The van der Waals surface area contributed by atoms with E-state index < -0.39 is 0 Å². The van der Waals surface area contributed by atoms with Crippen molar-refractivity contribution in [2.45, 2.75) is 69.4 Å². The van der Waals surface area contributed by atoms with Crippen LogP contribution in [0.1, 0.15) is 68.1 Å². The van der Waals surface area contributed by atoms with Crippen LogP contribution in [0.4, 0.5) is 5.69 Å². The van der Waals surface area contributed by atoms with Crippen LogP contribution in [-0.2, 0) is 9.53 Å². The summed E-state index contributed by atoms with van der Waals surface area (Å²) in [5.74, 6) is 0.0209. The Morgan fingerprint density at radius 1 is 1.12 bits per heavy atom. The van der Waals surface area contributed by atoms with E-state index in [1.807, 2.05) is 11.9 Å². The van der Waals surface area contributed by atoms with Crippen LogP contribution in [0.5, 0.6) is 0 Å². The number of nitrogens with zero attached hydrogens (tertiary/aromatic N) is 1. The molecule has 2 saturated carbocycles. The molecule has 142 valence electrons. The van der Waals surface area contributed by atoms with Gasteiger partial charge in [-0.05, 0) is 56.4 Å². The van der Waals surface area contributed by atoms with E-state index in [9.17, 15) is 9.59 Å². The van der Waals surface area contributed by atoms with Gasteiger partial charge in [-0.1, -0.05) is 19.3 Å². The summed E-state index contributed by atoms with van der Waals surface area (Å²) in [7, 11) is 3.58. The minimum atomic E-state index is -0.275. The zero-order valence-electron chi connectivity index (χ0n) is 15.9. The third-order valence-corrected chi connectivity index (χ3v) is 6.04. The molecule has 0 heterocycles. The predicted octanol–water partition coefficient (Wildman–Crippen LogP) is 3.99. The molecule has 0 bridgehead atoms. The number of rotatable bonds is 6. The third kappa shape index (κ3) is 4.26. The third-order valence-electron chi connectivity index (χ3n) is 6.04. The van der Waals surface area contributed by atoms with Gasteiger partial charge in [-0.15, -0.1) is 0 Å². The lowest BCUT2D eigenvalue weighted by Gasteiger charge is -2.39. The number of benzene rings is 1. The predicted molar refractivity (Wildman–Crippen MR) is 102 cm³/mol. The Labute approximate surface area is 156 Å². The molecular weight excluding hydrogens is 328 g/mol. The van der Waals surface area contributed by atoms with Gasteiger partial charge in [-0.3, -0.25) is 9.59 Å². The Hall–Kier alpha value is -1.88. The molecule has 0 saturated heterocycles. The molecule has 1 aromatic rings. The highest BCUT2D eigenvalue weighted by molar-refractivity contribution is 5.96. The van der Waals surface area contributed by atoms with Crippen LogP contribution in [0.3, 0.4) is 0 Å². The van der Waals surface area contributed by atoms with E-state index in [0.717, 1.165) is 37.8 Å². The average Bonchev–Trinajstić information content (AvgIpc) is 2.65. The molecule has 0 aromatic heterocycles. The quantitative estimate of drug-likeness (QED) is 0.836. The van der Waals surface area contributed by atoms with E-state index in [4.69, 9.17) is 4.74 Å². The molecule has 0 radical (unpaired) electrons. The van der Waals surface area contributed by atoms with Gasteiger partial charge >= 0.3 is 0 Å². The molecule has 0 spiro atoms. The molecule has 5 nitrogen and oxygen atoms in total. The Morgan fingerprint density at radius 3 is 2.31 bits per heavy atom. The number of hydrogen-bond acceptors (Lipinski definition) is 3. The molecule has 0 atom stereocenters. The molecule has 2 fully saturated rings. The monoisotopic (exact) mass is 358 g/mol. The molecule has 2 amide bonds. The maximum absolute atomic E-state index is 12.7. The van der Waals surface area contributed by atoms with E-state index >= 15 is 0 Å². The van der Waals surface area contributed by atoms with Crippen LogP contribution in [0.2, 0.25) is 0 Å². The van der Waals surface area contributed by atoms with E-state index in [-0.39, 0.29) is 17.4 Å². The van der Waals surface area contributed by atoms with Gasteiger partial charge in [-0.25, -0.2) is 0 Å². The summed E-state index contributed by atoms with van der Waals surface area (Å²) in [4.78, 5) is 26.8. The smallest absolute Gasteiger partial charge is 0.253 e. The minimum absolute atomic E-state index is 0.0371. The van der Waals surface area contributed by atoms with E-state index in [2.05, 4.69) is 5.32 Å². The zero-order chi connectivity index (χ0) is 18.6. The van der Waals surface area contributed by atoms with Crippen molar-refractivity contribution in [3.63, 3.8) is 0 Å². The highest BCUT2D eigenvalue weighted by Gasteiger charge is 2.39. The number of carbonyl (C=O) groups is 2. The van der Waals surface area contributed by atoms with Gasteiger partial charge in [0.2, 0.25) is 5.91 Å². The summed E-state index contributed by atoms with van der Waals surface area (Å²) < 4.78 is 5.51. The van der Waals surface area contributed by atoms with Crippen LogP contribution in [0, 0.1) is 0 Å². The summed E-state index contributed by atoms with van der Waals surface area (Å²) in [6, 6.07) is 7.56. The SMILES string of the molecule is COC1(CC(=O)Nc2ccc(C(=O)N(C)C3CCCCC3)cc2)CCC1. The number of amides is 2. The largest absolute Gasteiger partial charge is 0.378 e. The number of nitrogens with one attached hydrogen (secondary N) is 1. The van der Waals surface area contributed by atoms with Crippen molar-refractivity contribution in [3.05, 3.63) is 29.8 Å². The molecule has 1 aromatic carbocycles. The summed E-state index contributed by atoms with van der Waals surface area (Å²) in [5, 5.41) is 2.92. The first kappa shape index (κ1) is 18.9. The topological polar surface area (TPSA) is 58.6 Å². The number of hydrogen-bond donors (Lipinski definition) is 1. The van der Waals surface area contributed by atoms with Gasteiger partial charge < -0.3 is 15.0 Å². The molecule has 26 heavy (non-hydrogen) atoms. The second kappa shape index (κ2) is 8.21. The Kier molecular flexibility index (Phi) is 5.97. The Balaban J connectivity index is 1.55. The van der Waals surface area contributed by atoms with E-state index in [1.54, 1.807) is 31.4 Å². The fourth-order valence-corrected chi connectivity index (χ4v) is 4.06. The molecular formula is C21H30N2O3. The van der Waals surface area contributed by atoms with Crippen molar-refractivity contribution in [1.29, 1.82) is 0 Å². The molecule has 0 aliphatic heterocycles. The fourth-order valence-electron chi connectivity index (χ4n) is 4.06. The molecule has 5 heteroatoms. The Bertz CT molecular complexity index is 626. The van der Waals surface area contributed by atoms with Crippen molar-refractivity contribution < 1.29 is 14.3 Å². The van der Waals surface area contributed by atoms with E-state index in [1.165, 1.54) is 19.3 Å². The lowest BCUT2D eigenvalue weighted by molar-refractivity contribution is -0.129. The number of anilines is 1. The first-order valence-corrected chi connectivity index (χ1v) is 9.75. The fraction of sp³-hybridized carbons (Fsp3) is 0.619. The van der Waals surface area contributed by atoms with Gasteiger partial charge in [0.25, 0.3) is 5.91 Å². The average molecular weight is 358 g/mol. The lowest BCUT2D eigenvalue weighted by atomic mass is 9.77. The molecule has 0 unspecified atom stereocenters. The van der Waals surface area contributed by atoms with Crippen molar-refractivity contribution in [2.75, 3.05) is 19.5 Å². The van der Waals surface area contributed by atoms with Crippen LogP contribution in [0.15, 0.2) is 24.3 Å². The number of ether oxygens (including phenoxy) is 1. The highest BCUT2D eigenvalue weighted by Crippen LogP contribution is 2.38. The van der Waals surface area contributed by atoms with Crippen LogP contribution >= 0.6 is 0 Å². The maximum atomic E-state index is 12.7. The van der Waals surface area contributed by atoms with Crippen LogP contribution < -0.4 is 5.32 Å². The molecule has 3 rings (SSSR count). The van der Waals surface area contributed by atoms with Gasteiger partial charge in [0.1, 0.15) is 0 Å². The van der Waals surface area contributed by atoms with Crippen molar-refractivity contribution in [3.8, 4) is 0 Å². The zero-order valence-corrected chi connectivity index (χ0v) is 15.9. The summed E-state index contributed by atoms with van der Waals surface area (Å²) >= 11 is 0. The number of carbonyl (C=O) groups excluding carboxylic acids is 2. The van der Waals surface area contributed by atoms with Gasteiger partial charge in [0.05, 0.1) is 12.0 Å². The van der Waals surface area contributed by atoms with E-state index in [0.29, 0.717) is 18.0 Å². The first-order chi connectivity index (χ1) is 12.5. The highest BCUT2D eigenvalue weighted by atomic mass is 16.5. The van der Waals surface area contributed by atoms with Gasteiger partial charge in [0.15, 0.2) is 0 Å². The maximum Gasteiger partial charge on any atom is 0.253 e.